The van der Waals surface area contributed by atoms with Crippen molar-refractivity contribution in [1.82, 2.24) is 5.32 Å². The fraction of sp³-hybridized carbons (Fsp3) is 0.333. The molecule has 4 nitrogen and oxygen atoms in total. The van der Waals surface area contributed by atoms with E-state index in [2.05, 4.69) is 5.32 Å². The lowest BCUT2D eigenvalue weighted by Gasteiger charge is -2.28. The third-order valence-corrected chi connectivity index (χ3v) is 2.84. The highest BCUT2D eigenvalue weighted by atomic mass is 16.5. The zero-order valence-electron chi connectivity index (χ0n) is 9.21. The predicted octanol–water partition coefficient (Wildman–Crippen LogP) is 1.30. The van der Waals surface area contributed by atoms with Crippen molar-refractivity contribution in [1.29, 1.82) is 10.8 Å². The van der Waals surface area contributed by atoms with Crippen molar-refractivity contribution < 1.29 is 4.74 Å². The molecule has 2 rings (SSSR count). The van der Waals surface area contributed by atoms with Gasteiger partial charge in [-0.3, -0.25) is 5.41 Å². The van der Waals surface area contributed by atoms with E-state index in [0.717, 1.165) is 13.1 Å². The Morgan fingerprint density at radius 1 is 1.31 bits per heavy atom. The predicted molar refractivity (Wildman–Crippen MR) is 63.9 cm³/mol. The standard InChI is InChI=1S/C12H15N3O/c1-16-10-5-3-2-4-9(10)12(14)11(13)8-6-15-7-8/h2-5,8,13-15H,6-7H2,1H3. The van der Waals surface area contributed by atoms with Gasteiger partial charge in [0.2, 0.25) is 0 Å². The third kappa shape index (κ3) is 1.84. The highest BCUT2D eigenvalue weighted by Gasteiger charge is 2.26. The molecule has 3 N–H and O–H groups in total. The van der Waals surface area contributed by atoms with Crippen LogP contribution in [0.4, 0.5) is 0 Å². The van der Waals surface area contributed by atoms with Crippen LogP contribution in [0.25, 0.3) is 0 Å². The molecule has 16 heavy (non-hydrogen) atoms. The Morgan fingerprint density at radius 2 is 2.00 bits per heavy atom. The summed E-state index contributed by atoms with van der Waals surface area (Å²) in [5, 5.41) is 19.1. The molecule has 1 heterocycles. The van der Waals surface area contributed by atoms with E-state index in [1.807, 2.05) is 24.3 Å². The molecule has 1 fully saturated rings. The van der Waals surface area contributed by atoms with Crippen molar-refractivity contribution in [3.63, 3.8) is 0 Å². The van der Waals surface area contributed by atoms with Crippen LogP contribution in [0.2, 0.25) is 0 Å². The van der Waals surface area contributed by atoms with E-state index < -0.39 is 0 Å². The lowest BCUT2D eigenvalue weighted by molar-refractivity contribution is 0.413. The van der Waals surface area contributed by atoms with Crippen molar-refractivity contribution >= 4 is 11.4 Å². The SMILES string of the molecule is COc1ccccc1C(=N)C(=N)C1CNC1. The molecule has 0 bridgehead atoms. The fourth-order valence-corrected chi connectivity index (χ4v) is 1.69. The lowest BCUT2D eigenvalue weighted by atomic mass is 9.90. The molecular weight excluding hydrogens is 202 g/mol. The minimum Gasteiger partial charge on any atom is -0.496 e. The highest BCUT2D eigenvalue weighted by Crippen LogP contribution is 2.20. The van der Waals surface area contributed by atoms with E-state index in [4.69, 9.17) is 15.6 Å². The maximum Gasteiger partial charge on any atom is 0.128 e. The zero-order valence-corrected chi connectivity index (χ0v) is 9.21. The molecular formula is C12H15N3O. The highest BCUT2D eigenvalue weighted by molar-refractivity contribution is 6.47. The summed E-state index contributed by atoms with van der Waals surface area (Å²) in [6.45, 7) is 1.60. The molecule has 0 aliphatic carbocycles. The van der Waals surface area contributed by atoms with Gasteiger partial charge in [-0.05, 0) is 12.1 Å². The molecule has 0 spiro atoms. The molecule has 1 aromatic rings. The van der Waals surface area contributed by atoms with Crippen molar-refractivity contribution in [3.8, 4) is 5.75 Å². The van der Waals surface area contributed by atoms with Gasteiger partial charge in [-0.1, -0.05) is 12.1 Å². The smallest absolute Gasteiger partial charge is 0.128 e. The Kier molecular flexibility index (Phi) is 3.01. The number of methoxy groups -OCH3 is 1. The first kappa shape index (κ1) is 10.8. The molecule has 1 saturated heterocycles. The maximum atomic E-state index is 8.02. The molecule has 1 aliphatic rings. The molecule has 0 amide bonds. The Labute approximate surface area is 94.6 Å². The average Bonchev–Trinajstić information content (AvgIpc) is 2.25. The van der Waals surface area contributed by atoms with Crippen LogP contribution in [0.5, 0.6) is 5.75 Å². The van der Waals surface area contributed by atoms with Crippen LogP contribution in [-0.4, -0.2) is 31.6 Å². The number of hydrogen-bond donors (Lipinski definition) is 3. The summed E-state index contributed by atoms with van der Waals surface area (Å²) < 4.78 is 5.19. The Hall–Kier alpha value is -1.68. The Bertz CT molecular complexity index is 424. The zero-order chi connectivity index (χ0) is 11.5. The second-order valence-electron chi connectivity index (χ2n) is 3.84. The van der Waals surface area contributed by atoms with Gasteiger partial charge in [0, 0.05) is 24.6 Å². The van der Waals surface area contributed by atoms with Crippen LogP contribution in [-0.2, 0) is 0 Å². The van der Waals surface area contributed by atoms with Crippen LogP contribution in [0.1, 0.15) is 5.56 Å². The van der Waals surface area contributed by atoms with Gasteiger partial charge in [0.1, 0.15) is 5.75 Å². The number of nitrogens with one attached hydrogen (secondary N) is 3. The molecule has 1 aliphatic heterocycles. The van der Waals surface area contributed by atoms with Crippen LogP contribution >= 0.6 is 0 Å². The molecule has 0 radical (unpaired) electrons. The second-order valence-corrected chi connectivity index (χ2v) is 3.84. The minimum atomic E-state index is 0.178. The summed E-state index contributed by atoms with van der Waals surface area (Å²) in [6.07, 6.45) is 0. The van der Waals surface area contributed by atoms with Crippen LogP contribution < -0.4 is 10.1 Å². The largest absolute Gasteiger partial charge is 0.496 e. The number of para-hydroxylation sites is 1. The van der Waals surface area contributed by atoms with E-state index in [1.165, 1.54) is 0 Å². The normalized spacial score (nSPS) is 15.3. The monoisotopic (exact) mass is 217 g/mol. The molecule has 0 atom stereocenters. The molecule has 1 aromatic carbocycles. The van der Waals surface area contributed by atoms with Crippen molar-refractivity contribution in [2.24, 2.45) is 5.92 Å². The summed E-state index contributed by atoms with van der Waals surface area (Å²) in [5.74, 6) is 0.835. The first-order valence-electron chi connectivity index (χ1n) is 5.25. The Morgan fingerprint density at radius 3 is 2.56 bits per heavy atom. The third-order valence-electron chi connectivity index (χ3n) is 2.84. The summed E-state index contributed by atoms with van der Waals surface area (Å²) >= 11 is 0. The molecule has 0 saturated carbocycles. The molecule has 0 aromatic heterocycles. The lowest BCUT2D eigenvalue weighted by Crippen LogP contribution is -2.48. The second kappa shape index (κ2) is 4.45. The average molecular weight is 217 g/mol. The summed E-state index contributed by atoms with van der Waals surface area (Å²) in [7, 11) is 1.58. The van der Waals surface area contributed by atoms with Gasteiger partial charge in [-0.15, -0.1) is 0 Å². The summed E-state index contributed by atoms with van der Waals surface area (Å²) in [6, 6.07) is 7.36. The van der Waals surface area contributed by atoms with Crippen LogP contribution in [0.15, 0.2) is 24.3 Å². The fourth-order valence-electron chi connectivity index (χ4n) is 1.69. The first-order valence-corrected chi connectivity index (χ1v) is 5.25. The molecule has 4 heteroatoms. The van der Waals surface area contributed by atoms with Crippen molar-refractivity contribution in [2.45, 2.75) is 0 Å². The molecule has 0 unspecified atom stereocenters. The van der Waals surface area contributed by atoms with Gasteiger partial charge >= 0.3 is 0 Å². The van der Waals surface area contributed by atoms with Gasteiger partial charge in [-0.2, -0.15) is 0 Å². The van der Waals surface area contributed by atoms with E-state index >= 15 is 0 Å². The van der Waals surface area contributed by atoms with Gasteiger partial charge < -0.3 is 15.5 Å². The van der Waals surface area contributed by atoms with Gasteiger partial charge in [0.25, 0.3) is 0 Å². The number of rotatable bonds is 4. The van der Waals surface area contributed by atoms with Crippen molar-refractivity contribution in [3.05, 3.63) is 29.8 Å². The van der Waals surface area contributed by atoms with E-state index in [-0.39, 0.29) is 11.6 Å². The van der Waals surface area contributed by atoms with Gasteiger partial charge in [-0.25, -0.2) is 0 Å². The van der Waals surface area contributed by atoms with E-state index in [9.17, 15) is 0 Å². The van der Waals surface area contributed by atoms with E-state index in [1.54, 1.807) is 7.11 Å². The van der Waals surface area contributed by atoms with Crippen molar-refractivity contribution in [2.75, 3.05) is 20.2 Å². The number of hydrogen-bond acceptors (Lipinski definition) is 4. The number of ether oxygens (including phenoxy) is 1. The van der Waals surface area contributed by atoms with Crippen LogP contribution in [0.3, 0.4) is 0 Å². The first-order chi connectivity index (χ1) is 7.74. The Balaban J connectivity index is 2.22. The topological polar surface area (TPSA) is 69.0 Å². The maximum absolute atomic E-state index is 8.02. The quantitative estimate of drug-likeness (QED) is 0.665. The summed E-state index contributed by atoms with van der Waals surface area (Å²) in [5.41, 5.74) is 1.36. The van der Waals surface area contributed by atoms with Gasteiger partial charge in [0.15, 0.2) is 0 Å². The van der Waals surface area contributed by atoms with E-state index in [0.29, 0.717) is 17.0 Å². The van der Waals surface area contributed by atoms with Crippen LogP contribution in [0, 0.1) is 16.7 Å². The minimum absolute atomic E-state index is 0.178. The summed E-state index contributed by atoms with van der Waals surface area (Å²) in [4.78, 5) is 0. The number of benzene rings is 1. The van der Waals surface area contributed by atoms with Gasteiger partial charge in [0.05, 0.1) is 18.5 Å². The molecule has 84 valence electrons.